The van der Waals surface area contributed by atoms with Crippen LogP contribution in [0.15, 0.2) is 18.2 Å². The van der Waals surface area contributed by atoms with Crippen LogP contribution in [0.1, 0.15) is 25.1 Å². The van der Waals surface area contributed by atoms with Crippen LogP contribution in [-0.4, -0.2) is 16.9 Å². The molecule has 0 bridgehead atoms. The summed E-state index contributed by atoms with van der Waals surface area (Å²) in [5.74, 6) is 0.124. The van der Waals surface area contributed by atoms with Gasteiger partial charge < -0.3 is 9.88 Å². The molecule has 1 aromatic carbocycles. The van der Waals surface area contributed by atoms with E-state index in [4.69, 9.17) is 0 Å². The summed E-state index contributed by atoms with van der Waals surface area (Å²) in [5, 5.41) is 1.24. The van der Waals surface area contributed by atoms with Gasteiger partial charge in [0.25, 0.3) is 0 Å². The standard InChI is InChI=1S/C14H16N2O/c1-8-4-11-6-12-5-9(2)16(10(3)17)14(12)7-13(11)15-8/h4,6-7,9,15H,5H2,1-3H3/t9-/m0/s1. The summed E-state index contributed by atoms with van der Waals surface area (Å²) in [4.78, 5) is 16.9. The number of benzene rings is 1. The Bertz CT molecular complexity index is 612. The molecule has 3 rings (SSSR count). The number of aromatic nitrogens is 1. The molecule has 17 heavy (non-hydrogen) atoms. The minimum Gasteiger partial charge on any atom is -0.359 e. The van der Waals surface area contributed by atoms with Gasteiger partial charge in [0.1, 0.15) is 0 Å². The lowest BCUT2D eigenvalue weighted by Gasteiger charge is -2.20. The average molecular weight is 228 g/mol. The first kappa shape index (κ1) is 10.4. The molecular formula is C14H16N2O. The van der Waals surface area contributed by atoms with Crippen molar-refractivity contribution in [2.45, 2.75) is 33.2 Å². The zero-order chi connectivity index (χ0) is 12.2. The Labute approximate surface area is 100 Å². The Morgan fingerprint density at radius 2 is 2.18 bits per heavy atom. The Kier molecular flexibility index (Phi) is 2.05. The monoisotopic (exact) mass is 228 g/mol. The number of rotatable bonds is 0. The van der Waals surface area contributed by atoms with Gasteiger partial charge in [0, 0.05) is 35.2 Å². The number of carbonyl (C=O) groups excluding carboxylic acids is 1. The first-order chi connectivity index (χ1) is 8.06. The largest absolute Gasteiger partial charge is 0.359 e. The van der Waals surface area contributed by atoms with Gasteiger partial charge in [-0.15, -0.1) is 0 Å². The third-order valence-electron chi connectivity index (χ3n) is 3.51. The van der Waals surface area contributed by atoms with Crippen LogP contribution >= 0.6 is 0 Å². The number of hydrogen-bond donors (Lipinski definition) is 1. The second kappa shape index (κ2) is 3.36. The van der Waals surface area contributed by atoms with Crippen molar-refractivity contribution in [2.24, 2.45) is 0 Å². The third-order valence-corrected chi connectivity index (χ3v) is 3.51. The van der Waals surface area contributed by atoms with E-state index in [-0.39, 0.29) is 11.9 Å². The highest BCUT2D eigenvalue weighted by molar-refractivity contribution is 5.98. The van der Waals surface area contributed by atoms with Crippen LogP contribution in [0.4, 0.5) is 5.69 Å². The second-order valence-electron chi connectivity index (χ2n) is 4.96. The van der Waals surface area contributed by atoms with Crippen molar-refractivity contribution in [1.29, 1.82) is 0 Å². The van der Waals surface area contributed by atoms with Gasteiger partial charge in [0.2, 0.25) is 5.91 Å². The van der Waals surface area contributed by atoms with Gasteiger partial charge in [0.05, 0.1) is 0 Å². The maximum Gasteiger partial charge on any atom is 0.224 e. The summed E-state index contributed by atoms with van der Waals surface area (Å²) in [6.45, 7) is 5.78. The van der Waals surface area contributed by atoms with E-state index >= 15 is 0 Å². The topological polar surface area (TPSA) is 36.1 Å². The molecule has 3 nitrogen and oxygen atoms in total. The zero-order valence-corrected chi connectivity index (χ0v) is 10.4. The fourth-order valence-electron chi connectivity index (χ4n) is 2.88. The number of fused-ring (bicyclic) bond motifs is 2. The maximum atomic E-state index is 11.7. The van der Waals surface area contributed by atoms with Crippen LogP contribution in [-0.2, 0) is 11.2 Å². The van der Waals surface area contributed by atoms with Crippen molar-refractivity contribution in [3.8, 4) is 0 Å². The Morgan fingerprint density at radius 3 is 2.88 bits per heavy atom. The minimum absolute atomic E-state index is 0.124. The molecule has 1 amide bonds. The highest BCUT2D eigenvalue weighted by Crippen LogP contribution is 2.35. The summed E-state index contributed by atoms with van der Waals surface area (Å²) in [6, 6.07) is 6.72. The Hall–Kier alpha value is -1.77. The van der Waals surface area contributed by atoms with Gasteiger partial charge in [-0.2, -0.15) is 0 Å². The van der Waals surface area contributed by atoms with Crippen LogP contribution in [0, 0.1) is 6.92 Å². The van der Waals surface area contributed by atoms with Crippen LogP contribution in [0.25, 0.3) is 10.9 Å². The molecule has 0 fully saturated rings. The predicted octanol–water partition coefficient (Wildman–Crippen LogP) is 2.77. The van der Waals surface area contributed by atoms with Crippen LogP contribution in [0.3, 0.4) is 0 Å². The van der Waals surface area contributed by atoms with Gasteiger partial charge in [-0.25, -0.2) is 0 Å². The highest BCUT2D eigenvalue weighted by Gasteiger charge is 2.29. The van der Waals surface area contributed by atoms with Crippen molar-refractivity contribution in [2.75, 3.05) is 4.90 Å². The van der Waals surface area contributed by atoms with E-state index in [0.29, 0.717) is 0 Å². The molecule has 3 heteroatoms. The number of nitrogens with one attached hydrogen (secondary N) is 1. The zero-order valence-electron chi connectivity index (χ0n) is 10.4. The van der Waals surface area contributed by atoms with E-state index in [2.05, 4.69) is 37.0 Å². The summed E-state index contributed by atoms with van der Waals surface area (Å²) in [5.41, 5.74) is 4.62. The molecule has 0 unspecified atom stereocenters. The minimum atomic E-state index is 0.124. The number of carbonyl (C=O) groups is 1. The molecule has 1 atom stereocenters. The summed E-state index contributed by atoms with van der Waals surface area (Å²) >= 11 is 0. The number of nitrogens with zero attached hydrogens (tertiary/aromatic N) is 1. The lowest BCUT2D eigenvalue weighted by atomic mass is 10.1. The fraction of sp³-hybridized carbons (Fsp3) is 0.357. The van der Waals surface area contributed by atoms with Crippen molar-refractivity contribution in [1.82, 2.24) is 4.98 Å². The molecule has 1 aliphatic rings. The highest BCUT2D eigenvalue weighted by atomic mass is 16.2. The predicted molar refractivity (Wildman–Crippen MR) is 69.4 cm³/mol. The number of amides is 1. The number of aromatic amines is 1. The second-order valence-corrected chi connectivity index (χ2v) is 4.96. The summed E-state index contributed by atoms with van der Waals surface area (Å²) in [7, 11) is 0. The average Bonchev–Trinajstić information content (AvgIpc) is 2.70. The molecule has 1 aliphatic heterocycles. The van der Waals surface area contributed by atoms with Crippen molar-refractivity contribution >= 4 is 22.5 Å². The number of H-pyrrole nitrogens is 1. The number of aryl methyl sites for hydroxylation is 1. The summed E-state index contributed by atoms with van der Waals surface area (Å²) in [6.07, 6.45) is 0.953. The lowest BCUT2D eigenvalue weighted by molar-refractivity contribution is -0.116. The van der Waals surface area contributed by atoms with Gasteiger partial charge in [-0.05, 0) is 44.0 Å². The molecule has 0 aliphatic carbocycles. The molecule has 1 aromatic heterocycles. The van der Waals surface area contributed by atoms with Gasteiger partial charge in [-0.1, -0.05) is 0 Å². The first-order valence-electron chi connectivity index (χ1n) is 5.98. The number of anilines is 1. The van der Waals surface area contributed by atoms with E-state index in [0.717, 1.165) is 23.3 Å². The normalized spacial score (nSPS) is 18.8. The third kappa shape index (κ3) is 1.46. The van der Waals surface area contributed by atoms with Crippen LogP contribution in [0.2, 0.25) is 0 Å². The quantitative estimate of drug-likeness (QED) is 0.739. The van der Waals surface area contributed by atoms with E-state index in [1.54, 1.807) is 6.92 Å². The first-order valence-corrected chi connectivity index (χ1v) is 5.98. The van der Waals surface area contributed by atoms with Crippen molar-refractivity contribution < 1.29 is 4.79 Å². The molecule has 1 N–H and O–H groups in total. The molecule has 2 heterocycles. The molecule has 2 aromatic rings. The van der Waals surface area contributed by atoms with Gasteiger partial charge >= 0.3 is 0 Å². The number of hydrogen-bond acceptors (Lipinski definition) is 1. The SMILES string of the molecule is CC(=O)N1c2cc3[nH]c(C)cc3cc2C[C@@H]1C. The van der Waals surface area contributed by atoms with Crippen LogP contribution in [0.5, 0.6) is 0 Å². The van der Waals surface area contributed by atoms with Crippen molar-refractivity contribution in [3.05, 3.63) is 29.5 Å². The maximum absolute atomic E-state index is 11.7. The van der Waals surface area contributed by atoms with E-state index in [9.17, 15) is 4.79 Å². The molecule has 0 saturated carbocycles. The molecule has 0 saturated heterocycles. The molecular weight excluding hydrogens is 212 g/mol. The van der Waals surface area contributed by atoms with Gasteiger partial charge in [0.15, 0.2) is 0 Å². The smallest absolute Gasteiger partial charge is 0.224 e. The fourth-order valence-corrected chi connectivity index (χ4v) is 2.88. The van der Waals surface area contributed by atoms with Crippen LogP contribution < -0.4 is 4.90 Å². The van der Waals surface area contributed by atoms with E-state index in [1.807, 2.05) is 4.90 Å². The molecule has 0 radical (unpaired) electrons. The Balaban J connectivity index is 2.22. The summed E-state index contributed by atoms with van der Waals surface area (Å²) < 4.78 is 0. The van der Waals surface area contributed by atoms with E-state index in [1.165, 1.54) is 10.9 Å². The van der Waals surface area contributed by atoms with Crippen molar-refractivity contribution in [3.63, 3.8) is 0 Å². The van der Waals surface area contributed by atoms with E-state index < -0.39 is 0 Å². The molecule has 0 spiro atoms. The Morgan fingerprint density at radius 1 is 1.41 bits per heavy atom. The lowest BCUT2D eigenvalue weighted by Crippen LogP contribution is -2.33. The molecule has 88 valence electrons. The van der Waals surface area contributed by atoms with Gasteiger partial charge in [-0.3, -0.25) is 4.79 Å².